The number of nitrogens with one attached hydrogen (secondary N) is 2. The zero-order chi connectivity index (χ0) is 24.7. The molecule has 1 saturated carbocycles. The molecule has 3 N–H and O–H groups in total. The van der Waals surface area contributed by atoms with Crippen LogP contribution in [0.2, 0.25) is 0 Å². The summed E-state index contributed by atoms with van der Waals surface area (Å²) in [4.78, 5) is 60.3. The van der Waals surface area contributed by atoms with E-state index in [0.717, 1.165) is 40.8 Å². The first-order valence-electron chi connectivity index (χ1n) is 11.2. The number of likely N-dealkylation sites (tertiary alicyclic amines) is 1. The zero-order valence-electron chi connectivity index (χ0n) is 19.0. The van der Waals surface area contributed by atoms with Gasteiger partial charge in [-0.3, -0.25) is 24.1 Å². The number of nitrogens with zero attached hydrogens (tertiary/aromatic N) is 1. The minimum absolute atomic E-state index is 0.0309. The van der Waals surface area contributed by atoms with E-state index in [9.17, 15) is 24.0 Å². The van der Waals surface area contributed by atoms with Crippen LogP contribution in [0.15, 0.2) is 24.3 Å². The second kappa shape index (κ2) is 11.9. The van der Waals surface area contributed by atoms with E-state index in [1.54, 1.807) is 0 Å². The Bertz CT molecular complexity index is 933. The smallest absolute Gasteiger partial charge is 0.327 e. The van der Waals surface area contributed by atoms with Gasteiger partial charge in [0.25, 0.3) is 0 Å². The molecule has 184 valence electrons. The van der Waals surface area contributed by atoms with Crippen molar-refractivity contribution in [3.05, 3.63) is 29.8 Å². The maximum atomic E-state index is 12.5. The fourth-order valence-electron chi connectivity index (χ4n) is 3.42. The third-order valence-electron chi connectivity index (χ3n) is 5.39. The fraction of sp³-hybridized carbons (Fsp3) is 0.522. The predicted octanol–water partition coefficient (Wildman–Crippen LogP) is 0.727. The Balaban J connectivity index is 1.36. The highest BCUT2D eigenvalue weighted by molar-refractivity contribution is 8.00. The number of carbonyl (C=O) groups excluding carboxylic acids is 4. The van der Waals surface area contributed by atoms with Crippen LogP contribution in [0.25, 0.3) is 0 Å². The van der Waals surface area contributed by atoms with Crippen LogP contribution in [0.4, 0.5) is 0 Å². The molecule has 10 nitrogen and oxygen atoms in total. The fourth-order valence-corrected chi connectivity index (χ4v) is 4.60. The third kappa shape index (κ3) is 7.75. The number of hydrogen-bond donors (Lipinski definition) is 3. The van der Waals surface area contributed by atoms with Gasteiger partial charge in [-0.2, -0.15) is 0 Å². The molecular formula is C23H29N3O7S. The van der Waals surface area contributed by atoms with Gasteiger partial charge in [0, 0.05) is 38.6 Å². The second-order valence-electron chi connectivity index (χ2n) is 8.31. The van der Waals surface area contributed by atoms with Crippen molar-refractivity contribution in [1.29, 1.82) is 0 Å². The molecule has 1 aromatic rings. The van der Waals surface area contributed by atoms with Crippen molar-refractivity contribution in [2.75, 3.05) is 18.8 Å². The van der Waals surface area contributed by atoms with Crippen LogP contribution in [0, 0.1) is 0 Å². The van der Waals surface area contributed by atoms with Crippen LogP contribution < -0.4 is 15.4 Å². The maximum Gasteiger partial charge on any atom is 0.327 e. The predicted molar refractivity (Wildman–Crippen MR) is 124 cm³/mol. The average Bonchev–Trinajstić information content (AvgIpc) is 3.56. The minimum Gasteiger partial charge on any atom is -0.490 e. The van der Waals surface area contributed by atoms with Crippen molar-refractivity contribution in [1.82, 2.24) is 15.5 Å². The van der Waals surface area contributed by atoms with Crippen LogP contribution in [0.1, 0.15) is 38.2 Å². The molecular weight excluding hydrogens is 462 g/mol. The molecule has 3 rings (SSSR count). The molecule has 2 fully saturated rings. The summed E-state index contributed by atoms with van der Waals surface area (Å²) in [5, 5.41) is 13.5. The molecule has 0 bridgehead atoms. The van der Waals surface area contributed by atoms with E-state index in [4.69, 9.17) is 9.84 Å². The number of carbonyl (C=O) groups is 5. The van der Waals surface area contributed by atoms with Crippen LogP contribution in [0.3, 0.4) is 0 Å². The van der Waals surface area contributed by atoms with Crippen LogP contribution in [0.5, 0.6) is 5.75 Å². The van der Waals surface area contributed by atoms with Gasteiger partial charge in [-0.1, -0.05) is 12.1 Å². The van der Waals surface area contributed by atoms with E-state index in [1.165, 1.54) is 6.92 Å². The third-order valence-corrected chi connectivity index (χ3v) is 6.69. The number of imide groups is 1. The Morgan fingerprint density at radius 3 is 2.53 bits per heavy atom. The summed E-state index contributed by atoms with van der Waals surface area (Å²) >= 11 is 1.03. The number of amides is 4. The van der Waals surface area contributed by atoms with Gasteiger partial charge in [-0.05, 0) is 37.0 Å². The number of benzene rings is 1. The second-order valence-corrected chi connectivity index (χ2v) is 9.55. The molecule has 1 saturated heterocycles. The van der Waals surface area contributed by atoms with Crippen molar-refractivity contribution in [3.63, 3.8) is 0 Å². The van der Waals surface area contributed by atoms with Crippen LogP contribution in [-0.4, -0.2) is 75.8 Å². The van der Waals surface area contributed by atoms with Gasteiger partial charge in [-0.15, -0.1) is 11.8 Å². The van der Waals surface area contributed by atoms with Gasteiger partial charge in [0.15, 0.2) is 0 Å². The highest BCUT2D eigenvalue weighted by Crippen LogP contribution is 2.27. The molecule has 34 heavy (non-hydrogen) atoms. The van der Waals surface area contributed by atoms with Crippen LogP contribution >= 0.6 is 11.8 Å². The van der Waals surface area contributed by atoms with Gasteiger partial charge in [0.05, 0.1) is 11.4 Å². The van der Waals surface area contributed by atoms with Crippen molar-refractivity contribution in [2.24, 2.45) is 0 Å². The van der Waals surface area contributed by atoms with E-state index >= 15 is 0 Å². The summed E-state index contributed by atoms with van der Waals surface area (Å²) in [6.07, 6.45) is 3.34. The molecule has 1 aliphatic carbocycles. The first kappa shape index (κ1) is 25.5. The van der Waals surface area contributed by atoms with Crippen molar-refractivity contribution >= 4 is 41.4 Å². The first-order chi connectivity index (χ1) is 16.2. The van der Waals surface area contributed by atoms with E-state index in [0.29, 0.717) is 12.5 Å². The Labute approximate surface area is 201 Å². The van der Waals surface area contributed by atoms with Gasteiger partial charge in [0.1, 0.15) is 11.8 Å². The number of aryl methyl sites for hydroxylation is 1. The lowest BCUT2D eigenvalue weighted by Crippen LogP contribution is -2.42. The van der Waals surface area contributed by atoms with Crippen molar-refractivity contribution in [3.8, 4) is 5.75 Å². The van der Waals surface area contributed by atoms with Gasteiger partial charge in [-0.25, -0.2) is 4.79 Å². The number of rotatable bonds is 13. The quantitative estimate of drug-likeness (QED) is 0.343. The number of ether oxygens (including phenoxy) is 1. The van der Waals surface area contributed by atoms with E-state index in [-0.39, 0.29) is 43.5 Å². The molecule has 2 unspecified atom stereocenters. The average molecular weight is 492 g/mol. The first-order valence-corrected chi connectivity index (χ1v) is 12.3. The Kier molecular flexibility index (Phi) is 8.91. The lowest BCUT2D eigenvalue weighted by molar-refractivity contribution is -0.141. The van der Waals surface area contributed by atoms with Gasteiger partial charge < -0.3 is 20.5 Å². The summed E-state index contributed by atoms with van der Waals surface area (Å²) in [5.74, 6) is -1.85. The Hall–Kier alpha value is -3.08. The minimum atomic E-state index is -1.21. The molecule has 4 amide bonds. The van der Waals surface area contributed by atoms with Gasteiger partial charge >= 0.3 is 5.97 Å². The number of carboxylic acid groups (broad SMARTS) is 1. The highest BCUT2D eigenvalue weighted by Gasteiger charge is 2.39. The van der Waals surface area contributed by atoms with E-state index in [2.05, 4.69) is 10.6 Å². The molecule has 11 heteroatoms. The zero-order valence-corrected chi connectivity index (χ0v) is 19.8. The summed E-state index contributed by atoms with van der Waals surface area (Å²) < 4.78 is 5.70. The largest absolute Gasteiger partial charge is 0.490 e. The number of aliphatic carboxylic acids is 1. The monoisotopic (exact) mass is 491 g/mol. The summed E-state index contributed by atoms with van der Waals surface area (Å²) in [6, 6.07) is 6.54. The molecule has 1 aliphatic heterocycles. The number of carboxylic acids is 1. The SMILES string of the molecule is CC(=O)NC(CSC1CC(=O)N(CCNC(=O)CCc2ccc(OC3CC3)cc2)C1=O)C(=O)O. The maximum absolute atomic E-state index is 12.5. The molecule has 1 heterocycles. The Morgan fingerprint density at radius 2 is 1.91 bits per heavy atom. The molecule has 0 aromatic heterocycles. The molecule has 0 radical (unpaired) electrons. The lowest BCUT2D eigenvalue weighted by Gasteiger charge is -2.17. The molecule has 2 atom stereocenters. The van der Waals surface area contributed by atoms with Gasteiger partial charge in [0.2, 0.25) is 23.6 Å². The number of hydrogen-bond acceptors (Lipinski definition) is 7. The molecule has 1 aromatic carbocycles. The normalized spacial score (nSPS) is 18.5. The molecule has 2 aliphatic rings. The van der Waals surface area contributed by atoms with Crippen molar-refractivity contribution < 1.29 is 33.8 Å². The summed E-state index contributed by atoms with van der Waals surface area (Å²) in [5.41, 5.74) is 1.02. The lowest BCUT2D eigenvalue weighted by atomic mass is 10.1. The highest BCUT2D eigenvalue weighted by atomic mass is 32.2. The van der Waals surface area contributed by atoms with Crippen LogP contribution in [-0.2, 0) is 30.4 Å². The Morgan fingerprint density at radius 1 is 1.21 bits per heavy atom. The standard InChI is InChI=1S/C23H29N3O7S/c1-14(27)25-18(23(31)32)13-34-19-12-21(29)26(22(19)30)11-10-24-20(28)9-4-15-2-5-16(6-3-15)33-17-7-8-17/h2-3,5-6,17-19H,4,7-13H2,1H3,(H,24,28)(H,25,27)(H,31,32). The molecule has 0 spiro atoms. The van der Waals surface area contributed by atoms with E-state index < -0.39 is 29.1 Å². The topological polar surface area (TPSA) is 142 Å². The van der Waals surface area contributed by atoms with E-state index in [1.807, 2.05) is 24.3 Å². The summed E-state index contributed by atoms with van der Waals surface area (Å²) in [7, 11) is 0. The van der Waals surface area contributed by atoms with Crippen molar-refractivity contribution in [2.45, 2.75) is 56.4 Å². The number of thioether (sulfide) groups is 1. The summed E-state index contributed by atoms with van der Waals surface area (Å²) in [6.45, 7) is 1.41.